The average Bonchev–Trinajstić information content (AvgIpc) is 2.93. The van der Waals surface area contributed by atoms with Crippen molar-refractivity contribution in [2.24, 2.45) is 0 Å². The summed E-state index contributed by atoms with van der Waals surface area (Å²) in [5, 5.41) is 4.42. The minimum Gasteiger partial charge on any atom is -0.374 e. The summed E-state index contributed by atoms with van der Waals surface area (Å²) in [6, 6.07) is 6.31. The first-order valence-corrected chi connectivity index (χ1v) is 9.26. The molecule has 0 saturated heterocycles. The third-order valence-corrected chi connectivity index (χ3v) is 5.65. The van der Waals surface area contributed by atoms with Gasteiger partial charge >= 0.3 is 0 Å². The number of aryl methyl sites for hydroxylation is 1. The molecule has 124 valence electrons. The molecule has 1 heterocycles. The van der Waals surface area contributed by atoms with Crippen molar-refractivity contribution in [3.63, 3.8) is 0 Å². The van der Waals surface area contributed by atoms with Gasteiger partial charge in [0.15, 0.2) is 0 Å². The van der Waals surface area contributed by atoms with Gasteiger partial charge in [-0.1, -0.05) is 19.3 Å². The van der Waals surface area contributed by atoms with Crippen LogP contribution in [0, 0.1) is 6.92 Å². The number of rotatable bonds is 4. The quantitative estimate of drug-likeness (QED) is 0.913. The lowest BCUT2D eigenvalue weighted by atomic mass is 9.94. The summed E-state index contributed by atoms with van der Waals surface area (Å²) in [7, 11) is 1.95. The molecular weight excluding hydrogens is 306 g/mol. The van der Waals surface area contributed by atoms with Gasteiger partial charge in [-0.25, -0.2) is 4.98 Å². The Morgan fingerprint density at radius 2 is 2.09 bits per heavy atom. The Labute approximate surface area is 141 Å². The van der Waals surface area contributed by atoms with Crippen LogP contribution < -0.4 is 5.32 Å². The van der Waals surface area contributed by atoms with Crippen LogP contribution in [0.15, 0.2) is 18.2 Å². The number of hydrogen-bond acceptors (Lipinski definition) is 4. The molecule has 5 heteroatoms. The highest BCUT2D eigenvalue weighted by Gasteiger charge is 2.25. The van der Waals surface area contributed by atoms with Gasteiger partial charge in [0.2, 0.25) is 5.91 Å². The summed E-state index contributed by atoms with van der Waals surface area (Å²) in [4.78, 5) is 19.1. The second-order valence-electron chi connectivity index (χ2n) is 6.52. The monoisotopic (exact) mass is 331 g/mol. The summed E-state index contributed by atoms with van der Waals surface area (Å²) in [6.07, 6.45) is 6.07. The van der Waals surface area contributed by atoms with Gasteiger partial charge in [0.25, 0.3) is 0 Å². The Hall–Kier alpha value is -1.62. The third-order valence-electron chi connectivity index (χ3n) is 4.72. The minimum atomic E-state index is -0.214. The van der Waals surface area contributed by atoms with Crippen molar-refractivity contribution in [1.29, 1.82) is 0 Å². The van der Waals surface area contributed by atoms with Crippen LogP contribution in [0.2, 0.25) is 0 Å². The Balaban J connectivity index is 1.66. The highest BCUT2D eigenvalue weighted by Crippen LogP contribution is 2.26. The Kier molecular flexibility index (Phi) is 4.85. The van der Waals surface area contributed by atoms with E-state index in [0.717, 1.165) is 33.8 Å². The average molecular weight is 331 g/mol. The number of fused-ring (bicyclic) bond motifs is 1. The molecule has 2 aromatic rings. The van der Waals surface area contributed by atoms with E-state index < -0.39 is 0 Å². The van der Waals surface area contributed by atoms with Crippen molar-refractivity contribution in [1.82, 2.24) is 9.88 Å². The molecule has 0 unspecified atom stereocenters. The van der Waals surface area contributed by atoms with E-state index in [4.69, 9.17) is 0 Å². The summed E-state index contributed by atoms with van der Waals surface area (Å²) in [6.45, 7) is 3.97. The molecule has 1 aromatic carbocycles. The van der Waals surface area contributed by atoms with Crippen LogP contribution in [0.5, 0.6) is 0 Å². The van der Waals surface area contributed by atoms with Crippen LogP contribution in [-0.2, 0) is 4.79 Å². The second-order valence-corrected chi connectivity index (χ2v) is 7.76. The molecule has 23 heavy (non-hydrogen) atoms. The number of benzene rings is 1. The van der Waals surface area contributed by atoms with Crippen molar-refractivity contribution >= 4 is 33.1 Å². The maximum Gasteiger partial charge on any atom is 0.244 e. The molecule has 1 aromatic heterocycles. The normalized spacial score (nSPS) is 17.2. The van der Waals surface area contributed by atoms with E-state index in [1.165, 1.54) is 19.3 Å². The molecule has 0 bridgehead atoms. The van der Waals surface area contributed by atoms with Gasteiger partial charge in [-0.2, -0.15) is 0 Å². The molecule has 1 aliphatic rings. The zero-order chi connectivity index (χ0) is 16.4. The van der Waals surface area contributed by atoms with Gasteiger partial charge in [0, 0.05) is 18.8 Å². The lowest BCUT2D eigenvalue weighted by Crippen LogP contribution is -2.45. The van der Waals surface area contributed by atoms with Gasteiger partial charge in [-0.3, -0.25) is 4.79 Å². The lowest BCUT2D eigenvalue weighted by Gasteiger charge is -2.33. The number of hydrogen-bond donors (Lipinski definition) is 1. The predicted octanol–water partition coefficient (Wildman–Crippen LogP) is 4.20. The first-order valence-electron chi connectivity index (χ1n) is 8.45. The van der Waals surface area contributed by atoms with E-state index in [9.17, 15) is 4.79 Å². The number of anilines is 1. The van der Waals surface area contributed by atoms with Gasteiger partial charge in [-0.15, -0.1) is 11.3 Å². The van der Waals surface area contributed by atoms with E-state index in [2.05, 4.69) is 16.4 Å². The molecule has 1 fully saturated rings. The minimum absolute atomic E-state index is 0.178. The lowest BCUT2D eigenvalue weighted by molar-refractivity contribution is -0.133. The summed E-state index contributed by atoms with van der Waals surface area (Å²) < 4.78 is 1.16. The topological polar surface area (TPSA) is 45.2 Å². The van der Waals surface area contributed by atoms with Crippen LogP contribution in [0.25, 0.3) is 10.2 Å². The molecule has 1 atom stereocenters. The fraction of sp³-hybridized carbons (Fsp3) is 0.556. The van der Waals surface area contributed by atoms with Crippen molar-refractivity contribution in [3.8, 4) is 0 Å². The molecule has 1 amide bonds. The van der Waals surface area contributed by atoms with Crippen LogP contribution in [0.3, 0.4) is 0 Å². The fourth-order valence-corrected chi connectivity index (χ4v) is 4.26. The number of likely N-dealkylation sites (N-methyl/N-ethyl adjacent to an activating group) is 1. The molecule has 1 N–H and O–H groups in total. The summed E-state index contributed by atoms with van der Waals surface area (Å²) in [5.41, 5.74) is 2.01. The molecule has 4 nitrogen and oxygen atoms in total. The van der Waals surface area contributed by atoms with Crippen LogP contribution in [0.1, 0.15) is 44.0 Å². The first-order chi connectivity index (χ1) is 11.0. The predicted molar refractivity (Wildman–Crippen MR) is 97.1 cm³/mol. The van der Waals surface area contributed by atoms with E-state index in [1.807, 2.05) is 37.9 Å². The van der Waals surface area contributed by atoms with E-state index in [0.29, 0.717) is 6.04 Å². The van der Waals surface area contributed by atoms with Crippen molar-refractivity contribution in [3.05, 3.63) is 23.2 Å². The Bertz CT molecular complexity index is 691. The largest absolute Gasteiger partial charge is 0.374 e. The van der Waals surface area contributed by atoms with Gasteiger partial charge in [-0.05, 0) is 44.9 Å². The second kappa shape index (κ2) is 6.87. The van der Waals surface area contributed by atoms with E-state index in [1.54, 1.807) is 11.3 Å². The Morgan fingerprint density at radius 3 is 2.83 bits per heavy atom. The van der Waals surface area contributed by atoms with Crippen LogP contribution in [-0.4, -0.2) is 34.9 Å². The molecule has 1 aliphatic carbocycles. The van der Waals surface area contributed by atoms with Crippen molar-refractivity contribution < 1.29 is 4.79 Å². The highest BCUT2D eigenvalue weighted by molar-refractivity contribution is 7.18. The Morgan fingerprint density at radius 1 is 1.35 bits per heavy atom. The van der Waals surface area contributed by atoms with E-state index >= 15 is 0 Å². The van der Waals surface area contributed by atoms with Crippen LogP contribution >= 0.6 is 11.3 Å². The zero-order valence-corrected chi connectivity index (χ0v) is 14.9. The van der Waals surface area contributed by atoms with Gasteiger partial charge < -0.3 is 10.2 Å². The SMILES string of the molecule is Cc1nc2ccc(N[C@@H](C)C(=O)N(C)C3CCCCC3)cc2s1. The summed E-state index contributed by atoms with van der Waals surface area (Å²) in [5.74, 6) is 0.178. The van der Waals surface area contributed by atoms with Crippen molar-refractivity contribution in [2.45, 2.75) is 58.0 Å². The highest BCUT2D eigenvalue weighted by atomic mass is 32.1. The number of amides is 1. The standard InChI is InChI=1S/C18H25N3OS/c1-12(18(22)21(3)15-7-5-4-6-8-15)19-14-9-10-16-17(11-14)23-13(2)20-16/h9-12,15,19H,4-8H2,1-3H3/t12-/m0/s1. The zero-order valence-electron chi connectivity index (χ0n) is 14.1. The molecule has 1 saturated carbocycles. The van der Waals surface area contributed by atoms with Gasteiger partial charge in [0.05, 0.1) is 15.2 Å². The number of carbonyl (C=O) groups is 1. The molecule has 3 rings (SSSR count). The van der Waals surface area contributed by atoms with Crippen LogP contribution in [0.4, 0.5) is 5.69 Å². The number of aromatic nitrogens is 1. The van der Waals surface area contributed by atoms with Gasteiger partial charge in [0.1, 0.15) is 6.04 Å². The third kappa shape index (κ3) is 3.66. The summed E-state index contributed by atoms with van der Waals surface area (Å²) >= 11 is 1.68. The fourth-order valence-electron chi connectivity index (χ4n) is 3.40. The number of carbonyl (C=O) groups excluding carboxylic acids is 1. The molecule has 0 spiro atoms. The number of thiazole rings is 1. The maximum atomic E-state index is 12.7. The number of nitrogens with one attached hydrogen (secondary N) is 1. The number of nitrogens with zero attached hydrogens (tertiary/aromatic N) is 2. The van der Waals surface area contributed by atoms with Crippen molar-refractivity contribution in [2.75, 3.05) is 12.4 Å². The maximum absolute atomic E-state index is 12.7. The first kappa shape index (κ1) is 16.2. The molecular formula is C18H25N3OS. The van der Waals surface area contributed by atoms with E-state index in [-0.39, 0.29) is 11.9 Å². The molecule has 0 radical (unpaired) electrons. The molecule has 0 aliphatic heterocycles. The smallest absolute Gasteiger partial charge is 0.244 e.